The van der Waals surface area contributed by atoms with Crippen LogP contribution in [0.25, 0.3) is 0 Å². The summed E-state index contributed by atoms with van der Waals surface area (Å²) in [5, 5.41) is 3.12. The van der Waals surface area contributed by atoms with Gasteiger partial charge in [-0.25, -0.2) is 4.98 Å². The molecule has 1 fully saturated rings. The molecule has 2 aromatic heterocycles. The molecule has 0 saturated carbocycles. The van der Waals surface area contributed by atoms with Crippen LogP contribution < -0.4 is 5.32 Å². The maximum Gasteiger partial charge on any atom is 0.125 e. The minimum absolute atomic E-state index is 0.595. The number of hydrogen-bond donors (Lipinski definition) is 1. The number of piperidine rings is 1. The highest BCUT2D eigenvalue weighted by molar-refractivity contribution is 5.38. The third-order valence-electron chi connectivity index (χ3n) is 4.13. The monoisotopic (exact) mass is 282 g/mol. The first-order valence-corrected chi connectivity index (χ1v) is 7.61. The lowest BCUT2D eigenvalue weighted by molar-refractivity contribution is 0.198. The Bertz CT molecular complexity index is 570. The topological polar surface area (TPSA) is 41.0 Å². The highest BCUT2D eigenvalue weighted by atomic mass is 15.1. The van der Waals surface area contributed by atoms with Gasteiger partial charge in [0.2, 0.25) is 0 Å². The number of nitrogens with one attached hydrogen (secondary N) is 1. The predicted octanol–water partition coefficient (Wildman–Crippen LogP) is 2.90. The number of pyridine rings is 2. The number of likely N-dealkylation sites (tertiary alicyclic amines) is 1. The second-order valence-corrected chi connectivity index (χ2v) is 5.62. The number of hydrogen-bond acceptors (Lipinski definition) is 4. The van der Waals surface area contributed by atoms with Gasteiger partial charge in [0, 0.05) is 32.5 Å². The molecule has 0 amide bonds. The zero-order valence-electron chi connectivity index (χ0n) is 12.5. The Morgan fingerprint density at radius 3 is 3.00 bits per heavy atom. The van der Waals surface area contributed by atoms with Gasteiger partial charge in [0.1, 0.15) is 5.82 Å². The van der Waals surface area contributed by atoms with Crippen molar-refractivity contribution in [1.29, 1.82) is 0 Å². The average molecular weight is 282 g/mol. The molecule has 3 heterocycles. The largest absolute Gasteiger partial charge is 0.373 e. The van der Waals surface area contributed by atoms with E-state index in [0.29, 0.717) is 5.92 Å². The molecular weight excluding hydrogens is 260 g/mol. The van der Waals surface area contributed by atoms with E-state index in [0.717, 1.165) is 31.1 Å². The van der Waals surface area contributed by atoms with Crippen LogP contribution in [-0.2, 0) is 6.54 Å². The molecule has 0 aromatic carbocycles. The van der Waals surface area contributed by atoms with Gasteiger partial charge in [0.05, 0.1) is 5.69 Å². The van der Waals surface area contributed by atoms with E-state index >= 15 is 0 Å². The van der Waals surface area contributed by atoms with Crippen LogP contribution in [0.2, 0.25) is 0 Å². The predicted molar refractivity (Wildman–Crippen MR) is 85.3 cm³/mol. The molecule has 1 aliphatic heterocycles. The van der Waals surface area contributed by atoms with Gasteiger partial charge in [0.15, 0.2) is 0 Å². The van der Waals surface area contributed by atoms with E-state index in [1.165, 1.54) is 18.4 Å². The molecule has 1 N–H and O–H groups in total. The average Bonchev–Trinajstić information content (AvgIpc) is 2.56. The summed E-state index contributed by atoms with van der Waals surface area (Å²) in [5.41, 5.74) is 2.55. The maximum atomic E-state index is 4.44. The Labute approximate surface area is 126 Å². The van der Waals surface area contributed by atoms with Gasteiger partial charge in [0.25, 0.3) is 0 Å². The van der Waals surface area contributed by atoms with Gasteiger partial charge < -0.3 is 5.32 Å². The van der Waals surface area contributed by atoms with Gasteiger partial charge in [-0.15, -0.1) is 0 Å². The van der Waals surface area contributed by atoms with Crippen LogP contribution in [0.1, 0.15) is 30.0 Å². The van der Waals surface area contributed by atoms with E-state index in [1.54, 1.807) is 0 Å². The second-order valence-electron chi connectivity index (χ2n) is 5.62. The Balaban J connectivity index is 1.67. The first-order chi connectivity index (χ1) is 10.3. The Morgan fingerprint density at radius 1 is 1.24 bits per heavy atom. The molecule has 21 heavy (non-hydrogen) atoms. The summed E-state index contributed by atoms with van der Waals surface area (Å²) in [6.45, 7) is 3.21. The summed E-state index contributed by atoms with van der Waals surface area (Å²) in [7, 11) is 1.92. The van der Waals surface area contributed by atoms with Gasteiger partial charge in [-0.05, 0) is 55.1 Å². The summed E-state index contributed by atoms with van der Waals surface area (Å²) in [4.78, 5) is 11.3. The van der Waals surface area contributed by atoms with Crippen LogP contribution in [0.3, 0.4) is 0 Å². The van der Waals surface area contributed by atoms with Crippen molar-refractivity contribution in [2.45, 2.75) is 25.3 Å². The van der Waals surface area contributed by atoms with E-state index < -0.39 is 0 Å². The quantitative estimate of drug-likeness (QED) is 0.936. The molecule has 1 saturated heterocycles. The van der Waals surface area contributed by atoms with Crippen molar-refractivity contribution in [2.75, 3.05) is 25.5 Å². The summed E-state index contributed by atoms with van der Waals surface area (Å²) >= 11 is 0. The van der Waals surface area contributed by atoms with Crippen molar-refractivity contribution in [3.63, 3.8) is 0 Å². The molecule has 2 aromatic rings. The summed E-state index contributed by atoms with van der Waals surface area (Å²) in [6.07, 6.45) is 6.28. The molecule has 0 radical (unpaired) electrons. The highest BCUT2D eigenvalue weighted by Gasteiger charge is 2.21. The minimum Gasteiger partial charge on any atom is -0.373 e. The standard InChI is InChI=1S/C17H22N4/c1-18-17-11-14(7-9-20-17)15-5-4-10-21(12-15)13-16-6-2-3-8-19-16/h2-3,6-9,11,15H,4-5,10,12-13H2,1H3,(H,18,20)/t15-/m1/s1. The van der Waals surface area contributed by atoms with E-state index in [1.807, 2.05) is 25.5 Å². The Morgan fingerprint density at radius 2 is 2.19 bits per heavy atom. The molecule has 1 aliphatic rings. The van der Waals surface area contributed by atoms with Crippen molar-refractivity contribution >= 4 is 5.82 Å². The van der Waals surface area contributed by atoms with Gasteiger partial charge >= 0.3 is 0 Å². The van der Waals surface area contributed by atoms with Gasteiger partial charge in [-0.1, -0.05) is 6.07 Å². The molecule has 0 unspecified atom stereocenters. The highest BCUT2D eigenvalue weighted by Crippen LogP contribution is 2.28. The molecule has 3 rings (SSSR count). The van der Waals surface area contributed by atoms with Crippen LogP contribution in [-0.4, -0.2) is 35.0 Å². The van der Waals surface area contributed by atoms with Crippen molar-refractivity contribution in [3.8, 4) is 0 Å². The van der Waals surface area contributed by atoms with Crippen LogP contribution >= 0.6 is 0 Å². The fraction of sp³-hybridized carbons (Fsp3) is 0.412. The van der Waals surface area contributed by atoms with E-state index in [2.05, 4.69) is 44.5 Å². The molecule has 0 spiro atoms. The van der Waals surface area contributed by atoms with Crippen LogP contribution in [0.15, 0.2) is 42.7 Å². The normalized spacial score (nSPS) is 19.4. The Hall–Kier alpha value is -1.94. The molecule has 110 valence electrons. The number of rotatable bonds is 4. The van der Waals surface area contributed by atoms with Gasteiger partial charge in [-0.3, -0.25) is 9.88 Å². The second kappa shape index (κ2) is 6.68. The van der Waals surface area contributed by atoms with Crippen molar-refractivity contribution in [3.05, 3.63) is 54.0 Å². The lowest BCUT2D eigenvalue weighted by atomic mass is 9.91. The van der Waals surface area contributed by atoms with Crippen LogP contribution in [0.5, 0.6) is 0 Å². The molecule has 1 atom stereocenters. The van der Waals surface area contributed by atoms with E-state index in [9.17, 15) is 0 Å². The molecule has 4 nitrogen and oxygen atoms in total. The fourth-order valence-electron chi connectivity index (χ4n) is 3.03. The molecular formula is C17H22N4. The minimum atomic E-state index is 0.595. The fourth-order valence-corrected chi connectivity index (χ4v) is 3.03. The SMILES string of the molecule is CNc1cc([C@@H]2CCCN(Cc3ccccn3)C2)ccn1. The zero-order valence-corrected chi connectivity index (χ0v) is 12.5. The van der Waals surface area contributed by atoms with Crippen molar-refractivity contribution in [2.24, 2.45) is 0 Å². The van der Waals surface area contributed by atoms with Gasteiger partial charge in [-0.2, -0.15) is 0 Å². The number of anilines is 1. The summed E-state index contributed by atoms with van der Waals surface area (Å²) in [5.74, 6) is 1.55. The first-order valence-electron chi connectivity index (χ1n) is 7.61. The first kappa shape index (κ1) is 14.0. The third kappa shape index (κ3) is 3.58. The van der Waals surface area contributed by atoms with Crippen LogP contribution in [0.4, 0.5) is 5.82 Å². The number of nitrogens with zero attached hydrogens (tertiary/aromatic N) is 3. The van der Waals surface area contributed by atoms with Crippen molar-refractivity contribution < 1.29 is 0 Å². The summed E-state index contributed by atoms with van der Waals surface area (Å²) in [6, 6.07) is 10.5. The molecule has 4 heteroatoms. The smallest absolute Gasteiger partial charge is 0.125 e. The molecule has 0 bridgehead atoms. The zero-order chi connectivity index (χ0) is 14.5. The lowest BCUT2D eigenvalue weighted by Crippen LogP contribution is -2.34. The van der Waals surface area contributed by atoms with E-state index in [4.69, 9.17) is 0 Å². The van der Waals surface area contributed by atoms with Crippen molar-refractivity contribution in [1.82, 2.24) is 14.9 Å². The molecule has 0 aliphatic carbocycles. The maximum absolute atomic E-state index is 4.44. The lowest BCUT2D eigenvalue weighted by Gasteiger charge is -2.32. The number of aromatic nitrogens is 2. The summed E-state index contributed by atoms with van der Waals surface area (Å²) < 4.78 is 0. The van der Waals surface area contributed by atoms with Crippen LogP contribution in [0, 0.1) is 0 Å². The van der Waals surface area contributed by atoms with E-state index in [-0.39, 0.29) is 0 Å². The third-order valence-corrected chi connectivity index (χ3v) is 4.13. The Kier molecular flexibility index (Phi) is 4.46.